The molecule has 7 nitrogen and oxygen atoms in total. The van der Waals surface area contributed by atoms with Gasteiger partial charge in [-0.15, -0.1) is 11.3 Å². The fraction of sp³-hybridized carbons (Fsp3) is 0.231. The zero-order valence-electron chi connectivity index (χ0n) is 11.1. The number of aryl methyl sites for hydroxylation is 1. The Morgan fingerprint density at radius 2 is 2.33 bits per heavy atom. The molecule has 0 aliphatic heterocycles. The Balaban J connectivity index is 1.71. The number of aromatic nitrogens is 3. The topological polar surface area (TPSA) is 85.9 Å². The maximum Gasteiger partial charge on any atom is 0.319 e. The van der Waals surface area contributed by atoms with Gasteiger partial charge in [-0.05, 0) is 24.6 Å². The standard InChI is InChI=1S/C13H13N5O2S/c19-18(20)13-10(3-4-11-12(13)15-9-21-11)14-5-1-7-17-8-2-6-16-17/h2-4,6,8-9,14H,1,5,7H2. The molecule has 0 unspecified atom stereocenters. The summed E-state index contributed by atoms with van der Waals surface area (Å²) in [5, 5.41) is 18.5. The van der Waals surface area contributed by atoms with Crippen LogP contribution in [0.15, 0.2) is 36.1 Å². The molecule has 0 aliphatic carbocycles. The number of rotatable bonds is 6. The molecule has 108 valence electrons. The first-order valence-corrected chi connectivity index (χ1v) is 7.35. The van der Waals surface area contributed by atoms with Gasteiger partial charge in [0.05, 0.1) is 15.1 Å². The molecule has 0 fully saturated rings. The van der Waals surface area contributed by atoms with Gasteiger partial charge in [0.25, 0.3) is 0 Å². The van der Waals surface area contributed by atoms with Crippen molar-refractivity contribution in [1.29, 1.82) is 0 Å². The van der Waals surface area contributed by atoms with Crippen LogP contribution in [0.3, 0.4) is 0 Å². The maximum absolute atomic E-state index is 11.3. The van der Waals surface area contributed by atoms with Gasteiger partial charge < -0.3 is 5.32 Å². The molecule has 0 amide bonds. The summed E-state index contributed by atoms with van der Waals surface area (Å²) in [5.74, 6) is 0. The van der Waals surface area contributed by atoms with Gasteiger partial charge in [-0.3, -0.25) is 14.8 Å². The molecule has 1 N–H and O–H groups in total. The molecule has 8 heteroatoms. The lowest BCUT2D eigenvalue weighted by atomic mass is 10.2. The van der Waals surface area contributed by atoms with Gasteiger partial charge in [-0.1, -0.05) is 0 Å². The summed E-state index contributed by atoms with van der Waals surface area (Å²) in [6.45, 7) is 1.41. The van der Waals surface area contributed by atoms with E-state index in [0.29, 0.717) is 17.7 Å². The lowest BCUT2D eigenvalue weighted by molar-refractivity contribution is -0.382. The highest BCUT2D eigenvalue weighted by molar-refractivity contribution is 7.16. The molecule has 2 heterocycles. The zero-order chi connectivity index (χ0) is 14.7. The lowest BCUT2D eigenvalue weighted by Crippen LogP contribution is -2.08. The number of nitrogens with zero attached hydrogens (tertiary/aromatic N) is 4. The Labute approximate surface area is 124 Å². The molecule has 0 aliphatic rings. The molecule has 0 bridgehead atoms. The van der Waals surface area contributed by atoms with E-state index in [-0.39, 0.29) is 10.6 Å². The predicted molar refractivity (Wildman–Crippen MR) is 81.6 cm³/mol. The van der Waals surface area contributed by atoms with E-state index in [0.717, 1.165) is 17.7 Å². The van der Waals surface area contributed by atoms with Crippen LogP contribution in [0, 0.1) is 10.1 Å². The van der Waals surface area contributed by atoms with Crippen LogP contribution in [0.5, 0.6) is 0 Å². The highest BCUT2D eigenvalue weighted by Crippen LogP contribution is 2.34. The van der Waals surface area contributed by atoms with Crippen molar-refractivity contribution in [3.63, 3.8) is 0 Å². The van der Waals surface area contributed by atoms with Crippen LogP contribution < -0.4 is 5.32 Å². The third kappa shape index (κ3) is 2.84. The van der Waals surface area contributed by atoms with Gasteiger partial charge in [-0.2, -0.15) is 5.10 Å². The molecule has 0 saturated carbocycles. The molecule has 1 aromatic carbocycles. The summed E-state index contributed by atoms with van der Waals surface area (Å²) in [6, 6.07) is 5.47. The third-order valence-electron chi connectivity index (χ3n) is 3.10. The Morgan fingerprint density at radius 3 is 3.10 bits per heavy atom. The summed E-state index contributed by atoms with van der Waals surface area (Å²) in [4.78, 5) is 15.0. The molecule has 0 radical (unpaired) electrons. The number of anilines is 1. The molecule has 0 saturated heterocycles. The van der Waals surface area contributed by atoms with Crippen LogP contribution in [0.25, 0.3) is 10.2 Å². The molecule has 21 heavy (non-hydrogen) atoms. The largest absolute Gasteiger partial charge is 0.379 e. The summed E-state index contributed by atoms with van der Waals surface area (Å²) >= 11 is 1.40. The van der Waals surface area contributed by atoms with Crippen molar-refractivity contribution in [3.8, 4) is 0 Å². The summed E-state index contributed by atoms with van der Waals surface area (Å²) < 4.78 is 2.66. The molecule has 0 spiro atoms. The van der Waals surface area contributed by atoms with Gasteiger partial charge in [-0.25, -0.2) is 4.98 Å². The van der Waals surface area contributed by atoms with Crippen LogP contribution in [-0.2, 0) is 6.54 Å². The Morgan fingerprint density at radius 1 is 1.43 bits per heavy atom. The first kappa shape index (κ1) is 13.5. The quantitative estimate of drug-likeness (QED) is 0.430. The Hall–Kier alpha value is -2.48. The van der Waals surface area contributed by atoms with Gasteiger partial charge in [0, 0.05) is 25.5 Å². The van der Waals surface area contributed by atoms with Gasteiger partial charge in [0.15, 0.2) is 5.52 Å². The second kappa shape index (κ2) is 5.88. The molecular formula is C13H13N5O2S. The summed E-state index contributed by atoms with van der Waals surface area (Å²) in [5.41, 5.74) is 2.63. The SMILES string of the molecule is O=[N+]([O-])c1c(NCCCn2cccn2)ccc2scnc12. The van der Waals surface area contributed by atoms with E-state index >= 15 is 0 Å². The third-order valence-corrected chi connectivity index (χ3v) is 3.89. The number of thiazole rings is 1. The van der Waals surface area contributed by atoms with E-state index in [1.54, 1.807) is 17.8 Å². The van der Waals surface area contributed by atoms with E-state index in [1.807, 2.05) is 23.0 Å². The number of benzene rings is 1. The second-order valence-corrected chi connectivity index (χ2v) is 5.35. The van der Waals surface area contributed by atoms with Crippen LogP contribution in [-0.4, -0.2) is 26.2 Å². The highest BCUT2D eigenvalue weighted by Gasteiger charge is 2.20. The monoisotopic (exact) mass is 303 g/mol. The number of nitrogens with one attached hydrogen (secondary N) is 1. The number of fused-ring (bicyclic) bond motifs is 1. The minimum atomic E-state index is -0.377. The zero-order valence-corrected chi connectivity index (χ0v) is 11.9. The van der Waals surface area contributed by atoms with E-state index in [2.05, 4.69) is 15.4 Å². The van der Waals surface area contributed by atoms with E-state index in [9.17, 15) is 10.1 Å². The normalized spacial score (nSPS) is 10.9. The predicted octanol–water partition coefficient (Wildman–Crippen LogP) is 2.90. The van der Waals surface area contributed by atoms with Crippen molar-refractivity contribution in [3.05, 3.63) is 46.2 Å². The van der Waals surface area contributed by atoms with E-state index in [1.165, 1.54) is 11.3 Å². The van der Waals surface area contributed by atoms with Crippen LogP contribution in [0.1, 0.15) is 6.42 Å². The van der Waals surface area contributed by atoms with Crippen LogP contribution >= 0.6 is 11.3 Å². The molecule has 2 aromatic heterocycles. The van der Waals surface area contributed by atoms with Crippen molar-refractivity contribution in [2.24, 2.45) is 0 Å². The van der Waals surface area contributed by atoms with Gasteiger partial charge >= 0.3 is 5.69 Å². The Kier molecular flexibility index (Phi) is 3.78. The smallest absolute Gasteiger partial charge is 0.319 e. The van der Waals surface area contributed by atoms with Crippen LogP contribution in [0.2, 0.25) is 0 Å². The van der Waals surface area contributed by atoms with E-state index < -0.39 is 0 Å². The molecular weight excluding hydrogens is 290 g/mol. The number of hydrogen-bond acceptors (Lipinski definition) is 6. The van der Waals surface area contributed by atoms with E-state index in [4.69, 9.17) is 0 Å². The van der Waals surface area contributed by atoms with Crippen LogP contribution in [0.4, 0.5) is 11.4 Å². The summed E-state index contributed by atoms with van der Waals surface area (Å²) in [6.07, 6.45) is 4.45. The van der Waals surface area contributed by atoms with Gasteiger partial charge in [0.1, 0.15) is 5.69 Å². The number of nitro benzene ring substituents is 1. The van der Waals surface area contributed by atoms with Gasteiger partial charge in [0.2, 0.25) is 0 Å². The lowest BCUT2D eigenvalue weighted by Gasteiger charge is -2.07. The fourth-order valence-corrected chi connectivity index (χ4v) is 2.82. The highest BCUT2D eigenvalue weighted by atomic mass is 32.1. The first-order chi connectivity index (χ1) is 10.3. The molecule has 0 atom stereocenters. The van der Waals surface area contributed by atoms with Crippen molar-refractivity contribution in [2.75, 3.05) is 11.9 Å². The minimum Gasteiger partial charge on any atom is -0.379 e. The maximum atomic E-state index is 11.3. The minimum absolute atomic E-state index is 0.0489. The fourth-order valence-electron chi connectivity index (χ4n) is 2.14. The van der Waals surface area contributed by atoms with Crippen molar-refractivity contribution >= 4 is 32.9 Å². The Bertz CT molecular complexity index is 753. The first-order valence-electron chi connectivity index (χ1n) is 6.47. The number of nitro groups is 1. The number of hydrogen-bond donors (Lipinski definition) is 1. The molecule has 3 rings (SSSR count). The average Bonchev–Trinajstić information content (AvgIpc) is 3.13. The second-order valence-electron chi connectivity index (χ2n) is 4.47. The van der Waals surface area contributed by atoms with Crippen molar-refractivity contribution in [1.82, 2.24) is 14.8 Å². The average molecular weight is 303 g/mol. The van der Waals surface area contributed by atoms with Crippen molar-refractivity contribution in [2.45, 2.75) is 13.0 Å². The van der Waals surface area contributed by atoms with Crippen molar-refractivity contribution < 1.29 is 4.92 Å². The summed E-state index contributed by atoms with van der Waals surface area (Å²) in [7, 11) is 0. The molecule has 3 aromatic rings.